The third kappa shape index (κ3) is 2.59. The average Bonchev–Trinajstić information content (AvgIpc) is 2.90. The van der Waals surface area contributed by atoms with Gasteiger partial charge in [0, 0.05) is 13.1 Å². The molecule has 0 amide bonds. The fourth-order valence-electron chi connectivity index (χ4n) is 2.27. The van der Waals surface area contributed by atoms with Gasteiger partial charge in [-0.15, -0.1) is 0 Å². The molecule has 1 aromatic carbocycles. The summed E-state index contributed by atoms with van der Waals surface area (Å²) in [4.78, 5) is 15.4. The van der Waals surface area contributed by atoms with Crippen molar-refractivity contribution in [1.82, 2.24) is 19.5 Å². The van der Waals surface area contributed by atoms with Crippen molar-refractivity contribution in [1.29, 1.82) is 0 Å². The number of anilines is 1. The van der Waals surface area contributed by atoms with Gasteiger partial charge >= 0.3 is 0 Å². The van der Waals surface area contributed by atoms with Crippen LogP contribution in [-0.4, -0.2) is 32.6 Å². The minimum atomic E-state index is 0.363. The lowest BCUT2D eigenvalue weighted by atomic mass is 10.2. The number of benzene rings is 1. The number of rotatable bonds is 4. The molecule has 2 heterocycles. The van der Waals surface area contributed by atoms with Crippen molar-refractivity contribution in [3.63, 3.8) is 0 Å². The molecule has 0 saturated heterocycles. The number of fused-ring (bicyclic) bond motifs is 1. The Bertz CT molecular complexity index is 733. The predicted molar refractivity (Wildman–Crippen MR) is 84.4 cm³/mol. The molecule has 0 fully saturated rings. The molecule has 0 aliphatic rings. The third-order valence-corrected chi connectivity index (χ3v) is 3.69. The lowest BCUT2D eigenvalue weighted by Gasteiger charge is -2.22. The summed E-state index contributed by atoms with van der Waals surface area (Å²) in [7, 11) is 2.03. The van der Waals surface area contributed by atoms with Crippen molar-refractivity contribution >= 4 is 17.0 Å². The first kappa shape index (κ1) is 13.5. The molecule has 2 aromatic heterocycles. The molecule has 0 saturated carbocycles. The van der Waals surface area contributed by atoms with Gasteiger partial charge < -0.3 is 9.47 Å². The van der Waals surface area contributed by atoms with E-state index in [1.54, 1.807) is 6.33 Å². The minimum Gasteiger partial charge on any atom is -0.355 e. The van der Waals surface area contributed by atoms with Gasteiger partial charge in [0.15, 0.2) is 17.0 Å². The first-order chi connectivity index (χ1) is 10.2. The van der Waals surface area contributed by atoms with E-state index < -0.39 is 0 Å². The molecule has 108 valence electrons. The molecule has 0 radical (unpaired) electrons. The first-order valence-corrected chi connectivity index (χ1v) is 7.09. The van der Waals surface area contributed by atoms with Crippen LogP contribution in [0.3, 0.4) is 0 Å². The monoisotopic (exact) mass is 281 g/mol. The van der Waals surface area contributed by atoms with E-state index in [1.165, 1.54) is 5.56 Å². The SMILES string of the molecule is CC(C)N(C)c1ncnc2c1ncn2Cc1ccccc1. The second-order valence-corrected chi connectivity index (χ2v) is 5.43. The Morgan fingerprint density at radius 3 is 2.57 bits per heavy atom. The van der Waals surface area contributed by atoms with E-state index in [0.717, 1.165) is 23.5 Å². The van der Waals surface area contributed by atoms with Crippen LogP contribution >= 0.6 is 0 Å². The van der Waals surface area contributed by atoms with Crippen molar-refractivity contribution in [2.45, 2.75) is 26.4 Å². The van der Waals surface area contributed by atoms with Crippen LogP contribution in [0.25, 0.3) is 11.2 Å². The quantitative estimate of drug-likeness (QED) is 0.737. The van der Waals surface area contributed by atoms with E-state index in [1.807, 2.05) is 31.6 Å². The van der Waals surface area contributed by atoms with Crippen LogP contribution in [-0.2, 0) is 6.54 Å². The summed E-state index contributed by atoms with van der Waals surface area (Å²) in [5.74, 6) is 0.877. The zero-order valence-electron chi connectivity index (χ0n) is 12.6. The molecule has 0 aliphatic heterocycles. The smallest absolute Gasteiger partial charge is 0.165 e. The van der Waals surface area contributed by atoms with Crippen molar-refractivity contribution in [2.75, 3.05) is 11.9 Å². The molecular weight excluding hydrogens is 262 g/mol. The van der Waals surface area contributed by atoms with E-state index >= 15 is 0 Å². The number of aromatic nitrogens is 4. The topological polar surface area (TPSA) is 46.8 Å². The van der Waals surface area contributed by atoms with E-state index in [-0.39, 0.29) is 0 Å². The lowest BCUT2D eigenvalue weighted by Crippen LogP contribution is -2.26. The summed E-state index contributed by atoms with van der Waals surface area (Å²) in [5, 5.41) is 0. The van der Waals surface area contributed by atoms with Gasteiger partial charge in [0.1, 0.15) is 6.33 Å². The van der Waals surface area contributed by atoms with Crippen molar-refractivity contribution in [3.8, 4) is 0 Å². The van der Waals surface area contributed by atoms with Gasteiger partial charge in [-0.05, 0) is 19.4 Å². The van der Waals surface area contributed by atoms with Crippen LogP contribution < -0.4 is 4.90 Å². The normalized spacial score (nSPS) is 11.2. The van der Waals surface area contributed by atoms with Gasteiger partial charge in [-0.3, -0.25) is 0 Å². The number of imidazole rings is 1. The predicted octanol–water partition coefficient (Wildman–Crippen LogP) is 2.72. The molecule has 0 unspecified atom stereocenters. The average molecular weight is 281 g/mol. The summed E-state index contributed by atoms with van der Waals surface area (Å²) in [6.45, 7) is 5.03. The Kier molecular flexibility index (Phi) is 3.56. The molecule has 0 aliphatic carbocycles. The highest BCUT2D eigenvalue weighted by atomic mass is 15.2. The molecule has 0 N–H and O–H groups in total. The molecule has 21 heavy (non-hydrogen) atoms. The fourth-order valence-corrected chi connectivity index (χ4v) is 2.27. The summed E-state index contributed by atoms with van der Waals surface area (Å²) in [6.07, 6.45) is 3.45. The summed E-state index contributed by atoms with van der Waals surface area (Å²) in [6, 6.07) is 10.7. The molecule has 0 spiro atoms. The number of nitrogens with zero attached hydrogens (tertiary/aromatic N) is 5. The second kappa shape index (κ2) is 5.52. The maximum atomic E-state index is 4.51. The molecule has 3 aromatic rings. The van der Waals surface area contributed by atoms with Crippen LogP contribution in [0.5, 0.6) is 0 Å². The third-order valence-electron chi connectivity index (χ3n) is 3.69. The van der Waals surface area contributed by atoms with Gasteiger partial charge in [-0.2, -0.15) is 0 Å². The highest BCUT2D eigenvalue weighted by molar-refractivity contribution is 5.83. The van der Waals surface area contributed by atoms with Crippen LogP contribution in [0.4, 0.5) is 5.82 Å². The Balaban J connectivity index is 2.01. The fraction of sp³-hybridized carbons (Fsp3) is 0.312. The van der Waals surface area contributed by atoms with Gasteiger partial charge in [0.2, 0.25) is 0 Å². The highest BCUT2D eigenvalue weighted by Gasteiger charge is 2.15. The van der Waals surface area contributed by atoms with Crippen LogP contribution in [0, 0.1) is 0 Å². The van der Waals surface area contributed by atoms with Crippen molar-refractivity contribution in [3.05, 3.63) is 48.5 Å². The largest absolute Gasteiger partial charge is 0.355 e. The van der Waals surface area contributed by atoms with E-state index in [9.17, 15) is 0 Å². The highest BCUT2D eigenvalue weighted by Crippen LogP contribution is 2.22. The van der Waals surface area contributed by atoms with Gasteiger partial charge in [-0.25, -0.2) is 15.0 Å². The van der Waals surface area contributed by atoms with Gasteiger partial charge in [-0.1, -0.05) is 30.3 Å². The Labute approximate surface area is 124 Å². The maximum absolute atomic E-state index is 4.51. The lowest BCUT2D eigenvalue weighted by molar-refractivity contribution is 0.744. The zero-order chi connectivity index (χ0) is 14.8. The minimum absolute atomic E-state index is 0.363. The van der Waals surface area contributed by atoms with E-state index in [4.69, 9.17) is 0 Å². The van der Waals surface area contributed by atoms with Crippen LogP contribution in [0.2, 0.25) is 0 Å². The van der Waals surface area contributed by atoms with Gasteiger partial charge in [0.05, 0.1) is 12.9 Å². The molecule has 5 nitrogen and oxygen atoms in total. The van der Waals surface area contributed by atoms with Crippen molar-refractivity contribution < 1.29 is 0 Å². The van der Waals surface area contributed by atoms with Crippen molar-refractivity contribution in [2.24, 2.45) is 0 Å². The summed E-state index contributed by atoms with van der Waals surface area (Å²) >= 11 is 0. The summed E-state index contributed by atoms with van der Waals surface area (Å²) < 4.78 is 2.06. The molecular formula is C16H19N5. The maximum Gasteiger partial charge on any atom is 0.165 e. The molecule has 3 rings (SSSR count). The zero-order valence-corrected chi connectivity index (χ0v) is 12.6. The Morgan fingerprint density at radius 1 is 1.10 bits per heavy atom. The molecule has 5 heteroatoms. The standard InChI is InChI=1S/C16H19N5/c1-12(2)20(3)15-14-16(18-10-17-15)21(11-19-14)9-13-7-5-4-6-8-13/h4-8,10-12H,9H2,1-3H3. The summed E-state index contributed by atoms with van der Waals surface area (Å²) in [5.41, 5.74) is 2.95. The number of hydrogen-bond acceptors (Lipinski definition) is 4. The first-order valence-electron chi connectivity index (χ1n) is 7.09. The Hall–Kier alpha value is -2.43. The second-order valence-electron chi connectivity index (χ2n) is 5.43. The number of hydrogen-bond donors (Lipinski definition) is 0. The van der Waals surface area contributed by atoms with Gasteiger partial charge in [0.25, 0.3) is 0 Å². The van der Waals surface area contributed by atoms with Crippen LogP contribution in [0.15, 0.2) is 43.0 Å². The molecule has 0 atom stereocenters. The van der Waals surface area contributed by atoms with E-state index in [0.29, 0.717) is 6.04 Å². The Morgan fingerprint density at radius 2 is 1.86 bits per heavy atom. The molecule has 0 bridgehead atoms. The van der Waals surface area contributed by atoms with E-state index in [2.05, 4.69) is 50.4 Å². The van der Waals surface area contributed by atoms with Crippen LogP contribution in [0.1, 0.15) is 19.4 Å².